The summed E-state index contributed by atoms with van der Waals surface area (Å²) in [6.45, 7) is 3.61. The fourth-order valence-electron chi connectivity index (χ4n) is 1.58. The van der Waals surface area contributed by atoms with Crippen molar-refractivity contribution in [2.45, 2.75) is 24.8 Å². The molecular weight excluding hydrogens is 268 g/mol. The zero-order chi connectivity index (χ0) is 14.6. The van der Waals surface area contributed by atoms with Crippen molar-refractivity contribution in [3.05, 3.63) is 23.3 Å². The van der Waals surface area contributed by atoms with Crippen LogP contribution in [0.3, 0.4) is 0 Å². The maximum Gasteiger partial charge on any atom is 0.242 e. The van der Waals surface area contributed by atoms with E-state index >= 15 is 0 Å². The van der Waals surface area contributed by atoms with Gasteiger partial charge in [0.05, 0.1) is 18.4 Å². The Hall–Kier alpha value is -1.15. The van der Waals surface area contributed by atoms with Gasteiger partial charge in [0.2, 0.25) is 10.0 Å². The van der Waals surface area contributed by atoms with E-state index in [1.807, 2.05) is 13.8 Å². The van der Waals surface area contributed by atoms with Gasteiger partial charge in [0.1, 0.15) is 4.90 Å². The zero-order valence-electron chi connectivity index (χ0n) is 11.3. The average Bonchev–Trinajstić information content (AvgIpc) is 2.31. The SMILES string of the molecule is COCC(O)CNS(=O)(=O)c1cc(C)c(C)cc1N. The van der Waals surface area contributed by atoms with Crippen molar-refractivity contribution in [2.24, 2.45) is 0 Å². The van der Waals surface area contributed by atoms with E-state index in [0.717, 1.165) is 11.1 Å². The highest BCUT2D eigenvalue weighted by molar-refractivity contribution is 7.89. The van der Waals surface area contributed by atoms with Gasteiger partial charge in [-0.1, -0.05) is 0 Å². The van der Waals surface area contributed by atoms with Crippen LogP contribution in [0.1, 0.15) is 11.1 Å². The summed E-state index contributed by atoms with van der Waals surface area (Å²) in [4.78, 5) is 0.0280. The molecule has 1 aromatic carbocycles. The Labute approximate surface area is 113 Å². The molecule has 4 N–H and O–H groups in total. The smallest absolute Gasteiger partial charge is 0.242 e. The van der Waals surface area contributed by atoms with Gasteiger partial charge in [-0.2, -0.15) is 0 Å². The van der Waals surface area contributed by atoms with Crippen molar-refractivity contribution in [1.29, 1.82) is 0 Å². The van der Waals surface area contributed by atoms with E-state index in [2.05, 4.69) is 4.72 Å². The van der Waals surface area contributed by atoms with Crippen LogP contribution in [0, 0.1) is 13.8 Å². The topological polar surface area (TPSA) is 102 Å². The number of nitrogen functional groups attached to an aromatic ring is 1. The molecule has 0 aliphatic heterocycles. The molecule has 0 radical (unpaired) electrons. The number of nitrogens with one attached hydrogen (secondary N) is 1. The molecular formula is C12H20N2O4S. The molecule has 6 nitrogen and oxygen atoms in total. The maximum atomic E-state index is 12.1. The number of sulfonamides is 1. The van der Waals surface area contributed by atoms with Crippen molar-refractivity contribution in [3.63, 3.8) is 0 Å². The first kappa shape index (κ1) is 15.9. The first-order chi connectivity index (χ1) is 8.77. The van der Waals surface area contributed by atoms with Crippen LogP contribution in [0.5, 0.6) is 0 Å². The number of hydrogen-bond acceptors (Lipinski definition) is 5. The molecule has 1 unspecified atom stereocenters. The van der Waals surface area contributed by atoms with E-state index in [9.17, 15) is 13.5 Å². The zero-order valence-corrected chi connectivity index (χ0v) is 12.1. The molecule has 0 aliphatic carbocycles. The lowest BCUT2D eigenvalue weighted by molar-refractivity contribution is 0.0679. The Bertz CT molecular complexity index is 543. The van der Waals surface area contributed by atoms with Crippen LogP contribution in [0.4, 0.5) is 5.69 Å². The number of aliphatic hydroxyl groups is 1. The maximum absolute atomic E-state index is 12.1. The van der Waals surface area contributed by atoms with Gasteiger partial charge in [-0.25, -0.2) is 13.1 Å². The van der Waals surface area contributed by atoms with Crippen LogP contribution >= 0.6 is 0 Å². The second-order valence-corrected chi connectivity index (χ2v) is 6.17. The van der Waals surface area contributed by atoms with Crippen LogP contribution < -0.4 is 10.5 Å². The summed E-state index contributed by atoms with van der Waals surface area (Å²) in [5, 5.41) is 9.44. The lowest BCUT2D eigenvalue weighted by Crippen LogP contribution is -2.34. The molecule has 1 atom stereocenters. The molecule has 7 heteroatoms. The summed E-state index contributed by atoms with van der Waals surface area (Å²) < 4.78 is 31.2. The quantitative estimate of drug-likeness (QED) is 0.648. The highest BCUT2D eigenvalue weighted by atomic mass is 32.2. The number of aryl methyl sites for hydroxylation is 2. The molecule has 0 aromatic heterocycles. The summed E-state index contributed by atoms with van der Waals surface area (Å²) in [7, 11) is -2.30. The third-order valence-corrected chi connectivity index (χ3v) is 4.26. The van der Waals surface area contributed by atoms with Gasteiger partial charge in [-0.3, -0.25) is 0 Å². The van der Waals surface area contributed by atoms with Gasteiger partial charge in [0, 0.05) is 13.7 Å². The first-order valence-electron chi connectivity index (χ1n) is 5.81. The van der Waals surface area contributed by atoms with Gasteiger partial charge in [-0.05, 0) is 37.1 Å². The molecule has 1 aromatic rings. The molecule has 0 amide bonds. The standard InChI is InChI=1S/C12H20N2O4S/c1-8-4-11(13)12(5-9(8)2)19(16,17)14-6-10(15)7-18-3/h4-5,10,14-15H,6-7,13H2,1-3H3. The van der Waals surface area contributed by atoms with Crippen molar-refractivity contribution in [1.82, 2.24) is 4.72 Å². The number of benzene rings is 1. The third-order valence-electron chi connectivity index (χ3n) is 2.78. The Morgan fingerprint density at radius 2 is 1.95 bits per heavy atom. The summed E-state index contributed by atoms with van der Waals surface area (Å²) in [6, 6.07) is 3.14. The number of ether oxygens (including phenoxy) is 1. The normalized spacial score (nSPS) is 13.5. The van der Waals surface area contributed by atoms with Crippen LogP contribution in [-0.2, 0) is 14.8 Å². The number of methoxy groups -OCH3 is 1. The lowest BCUT2D eigenvalue weighted by atomic mass is 10.1. The molecule has 19 heavy (non-hydrogen) atoms. The largest absolute Gasteiger partial charge is 0.398 e. The van der Waals surface area contributed by atoms with Crippen molar-refractivity contribution in [3.8, 4) is 0 Å². The first-order valence-corrected chi connectivity index (χ1v) is 7.29. The molecule has 0 heterocycles. The van der Waals surface area contributed by atoms with Crippen LogP contribution in [0.25, 0.3) is 0 Å². The predicted molar refractivity (Wildman–Crippen MR) is 73.4 cm³/mol. The molecule has 108 valence electrons. The second kappa shape index (κ2) is 6.33. The Morgan fingerprint density at radius 1 is 1.37 bits per heavy atom. The number of rotatable bonds is 6. The summed E-state index contributed by atoms with van der Waals surface area (Å²) in [5.74, 6) is 0. The highest BCUT2D eigenvalue weighted by Gasteiger charge is 2.19. The van der Waals surface area contributed by atoms with Gasteiger partial charge in [-0.15, -0.1) is 0 Å². The number of aliphatic hydroxyl groups excluding tert-OH is 1. The van der Waals surface area contributed by atoms with Gasteiger partial charge < -0.3 is 15.6 Å². The Balaban J connectivity index is 2.92. The number of hydrogen-bond donors (Lipinski definition) is 3. The van der Waals surface area contributed by atoms with Gasteiger partial charge in [0.15, 0.2) is 0 Å². The predicted octanol–water partition coefficient (Wildman–Crippen LogP) is 0.171. The monoisotopic (exact) mass is 288 g/mol. The molecule has 0 aliphatic rings. The average molecular weight is 288 g/mol. The van der Waals surface area contributed by atoms with Gasteiger partial charge >= 0.3 is 0 Å². The summed E-state index contributed by atoms with van der Waals surface area (Å²) in [6.07, 6.45) is -0.896. The molecule has 0 saturated carbocycles. The fraction of sp³-hybridized carbons (Fsp3) is 0.500. The molecule has 0 saturated heterocycles. The summed E-state index contributed by atoms with van der Waals surface area (Å²) >= 11 is 0. The lowest BCUT2D eigenvalue weighted by Gasteiger charge is -2.14. The second-order valence-electron chi connectivity index (χ2n) is 4.44. The van der Waals surface area contributed by atoms with E-state index in [4.69, 9.17) is 10.5 Å². The minimum absolute atomic E-state index is 0.0280. The van der Waals surface area contributed by atoms with Gasteiger partial charge in [0.25, 0.3) is 0 Å². The van der Waals surface area contributed by atoms with E-state index in [-0.39, 0.29) is 23.7 Å². The fourth-order valence-corrected chi connectivity index (χ4v) is 2.85. The van der Waals surface area contributed by atoms with Crippen LogP contribution in [-0.4, -0.2) is 39.9 Å². The number of anilines is 1. The molecule has 0 bridgehead atoms. The minimum Gasteiger partial charge on any atom is -0.398 e. The minimum atomic E-state index is -3.73. The Morgan fingerprint density at radius 3 is 2.53 bits per heavy atom. The van der Waals surface area contributed by atoms with E-state index in [0.29, 0.717) is 0 Å². The van der Waals surface area contributed by atoms with E-state index < -0.39 is 16.1 Å². The van der Waals surface area contributed by atoms with Crippen molar-refractivity contribution in [2.75, 3.05) is 26.0 Å². The number of nitrogens with two attached hydrogens (primary N) is 1. The summed E-state index contributed by atoms with van der Waals surface area (Å²) in [5.41, 5.74) is 7.69. The van der Waals surface area contributed by atoms with Crippen molar-refractivity contribution >= 4 is 15.7 Å². The highest BCUT2D eigenvalue weighted by Crippen LogP contribution is 2.22. The molecule has 0 fully saturated rings. The third kappa shape index (κ3) is 4.17. The molecule has 1 rings (SSSR count). The van der Waals surface area contributed by atoms with Crippen LogP contribution in [0.2, 0.25) is 0 Å². The van der Waals surface area contributed by atoms with Crippen LogP contribution in [0.15, 0.2) is 17.0 Å². The van der Waals surface area contributed by atoms with Crippen molar-refractivity contribution < 1.29 is 18.3 Å². The van der Waals surface area contributed by atoms with E-state index in [1.165, 1.54) is 13.2 Å². The van der Waals surface area contributed by atoms with E-state index in [1.54, 1.807) is 6.07 Å². The molecule has 0 spiro atoms. The Kier molecular flexibility index (Phi) is 5.30.